The third-order valence-corrected chi connectivity index (χ3v) is 6.35. The summed E-state index contributed by atoms with van der Waals surface area (Å²) < 4.78 is 31.9. The number of carbonyl (C=O) groups is 1. The molecule has 0 aromatic heterocycles. The first-order chi connectivity index (χ1) is 11.7. The van der Waals surface area contributed by atoms with Gasteiger partial charge in [0.1, 0.15) is 0 Å². The number of nitrogens with zero attached hydrogens (tertiary/aromatic N) is 1. The van der Waals surface area contributed by atoms with Crippen molar-refractivity contribution >= 4 is 34.0 Å². The summed E-state index contributed by atoms with van der Waals surface area (Å²) in [4.78, 5) is 12.4. The topological polar surface area (TPSA) is 87.7 Å². The van der Waals surface area contributed by atoms with Crippen molar-refractivity contribution in [3.63, 3.8) is 0 Å². The Morgan fingerprint density at radius 1 is 1.42 bits per heavy atom. The van der Waals surface area contributed by atoms with Crippen LogP contribution in [0, 0.1) is 6.92 Å². The largest absolute Gasteiger partial charge is 0.378 e. The molecule has 2 N–H and O–H groups in total. The minimum atomic E-state index is -3.59. The number of anilines is 1. The van der Waals surface area contributed by atoms with Crippen molar-refractivity contribution in [2.75, 3.05) is 32.1 Å². The maximum Gasteiger partial charge on any atom is 0.243 e. The Kier molecular flexibility index (Phi) is 8.49. The number of benzene rings is 1. The van der Waals surface area contributed by atoms with Crippen LogP contribution < -0.4 is 10.6 Å². The monoisotopic (exact) mass is 405 g/mol. The lowest BCUT2D eigenvalue weighted by Gasteiger charge is -2.24. The molecule has 1 aromatic carbocycles. The molecule has 0 bridgehead atoms. The fourth-order valence-electron chi connectivity index (χ4n) is 2.52. The average molecular weight is 406 g/mol. The van der Waals surface area contributed by atoms with Gasteiger partial charge in [-0.25, -0.2) is 8.42 Å². The number of rotatable bonds is 6. The lowest BCUT2D eigenvalue weighted by molar-refractivity contribution is -0.117. The van der Waals surface area contributed by atoms with Crippen LogP contribution in [0.4, 0.5) is 5.69 Å². The summed E-state index contributed by atoms with van der Waals surface area (Å²) in [5.74, 6) is -0.169. The van der Waals surface area contributed by atoms with Crippen LogP contribution in [-0.4, -0.2) is 57.5 Å². The van der Waals surface area contributed by atoms with Gasteiger partial charge >= 0.3 is 0 Å². The highest BCUT2D eigenvalue weighted by atomic mass is 35.5. The highest BCUT2D eigenvalue weighted by Crippen LogP contribution is 2.23. The molecule has 9 heteroatoms. The molecule has 7 nitrogen and oxygen atoms in total. The number of hydrogen-bond donors (Lipinski definition) is 2. The fraction of sp³-hybridized carbons (Fsp3) is 0.588. The van der Waals surface area contributed by atoms with Gasteiger partial charge in [-0.15, -0.1) is 12.4 Å². The molecule has 1 amide bonds. The zero-order valence-electron chi connectivity index (χ0n) is 15.6. The Hall–Kier alpha value is -1.19. The number of aryl methyl sites for hydroxylation is 1. The van der Waals surface area contributed by atoms with E-state index in [9.17, 15) is 13.2 Å². The molecule has 1 fully saturated rings. The molecular formula is C17H28ClN3O4S. The molecule has 1 unspecified atom stereocenters. The molecular weight excluding hydrogens is 378 g/mol. The zero-order chi connectivity index (χ0) is 18.6. The minimum Gasteiger partial charge on any atom is -0.378 e. The zero-order valence-corrected chi connectivity index (χ0v) is 17.2. The fourth-order valence-corrected chi connectivity index (χ4v) is 3.91. The maximum absolute atomic E-state index is 12.6. The molecule has 0 spiro atoms. The van der Waals surface area contributed by atoms with Gasteiger partial charge in [-0.3, -0.25) is 4.79 Å². The molecule has 0 radical (unpaired) electrons. The number of hydrogen-bond acceptors (Lipinski definition) is 5. The van der Waals surface area contributed by atoms with E-state index in [0.717, 1.165) is 12.1 Å². The summed E-state index contributed by atoms with van der Waals surface area (Å²) in [7, 11) is -2.04. The average Bonchev–Trinajstić information content (AvgIpc) is 2.56. The molecule has 2 rings (SSSR count). The molecule has 1 aliphatic heterocycles. The van der Waals surface area contributed by atoms with E-state index in [0.29, 0.717) is 18.9 Å². The molecule has 0 saturated carbocycles. The van der Waals surface area contributed by atoms with E-state index in [1.807, 2.05) is 20.8 Å². The molecule has 26 heavy (non-hydrogen) atoms. The Balaban J connectivity index is 0.00000338. The standard InChI is InChI=1S/C17H27N3O4S.ClH/c1-12(2)20(4)25(22,23)15-6-5-13(3)16(10-15)19-17(21)9-14-11-24-8-7-18-14;/h5-6,10,12,14,18H,7-9,11H2,1-4H3,(H,19,21);1H. The van der Waals surface area contributed by atoms with Crippen LogP contribution in [0.1, 0.15) is 25.8 Å². The van der Waals surface area contributed by atoms with E-state index in [2.05, 4.69) is 10.6 Å². The third-order valence-electron chi connectivity index (χ3n) is 4.32. The highest BCUT2D eigenvalue weighted by molar-refractivity contribution is 7.89. The number of halogens is 1. The van der Waals surface area contributed by atoms with Gasteiger partial charge < -0.3 is 15.4 Å². The molecule has 1 aliphatic rings. The normalized spacial score (nSPS) is 17.8. The smallest absolute Gasteiger partial charge is 0.243 e. The number of sulfonamides is 1. The predicted octanol–water partition coefficient (Wildman–Crippen LogP) is 1.76. The summed E-state index contributed by atoms with van der Waals surface area (Å²) in [5, 5.41) is 6.05. The van der Waals surface area contributed by atoms with Crippen LogP contribution in [0.3, 0.4) is 0 Å². The van der Waals surface area contributed by atoms with E-state index in [-0.39, 0.29) is 41.7 Å². The summed E-state index contributed by atoms with van der Waals surface area (Å²) in [6, 6.07) is 4.62. The highest BCUT2D eigenvalue weighted by Gasteiger charge is 2.24. The summed E-state index contributed by atoms with van der Waals surface area (Å²) >= 11 is 0. The Labute approximate surface area is 161 Å². The minimum absolute atomic E-state index is 0. The molecule has 0 aliphatic carbocycles. The second-order valence-electron chi connectivity index (χ2n) is 6.57. The Morgan fingerprint density at radius 2 is 2.12 bits per heavy atom. The predicted molar refractivity (Wildman–Crippen MR) is 104 cm³/mol. The Morgan fingerprint density at radius 3 is 2.69 bits per heavy atom. The van der Waals surface area contributed by atoms with Crippen molar-refractivity contribution in [1.29, 1.82) is 0 Å². The summed E-state index contributed by atoms with van der Waals surface area (Å²) in [5.41, 5.74) is 1.33. The van der Waals surface area contributed by atoms with E-state index in [1.165, 1.54) is 10.4 Å². The quantitative estimate of drug-likeness (QED) is 0.753. The second-order valence-corrected chi connectivity index (χ2v) is 8.57. The van der Waals surface area contributed by atoms with Gasteiger partial charge in [0.2, 0.25) is 15.9 Å². The number of morpholine rings is 1. The molecule has 1 heterocycles. The van der Waals surface area contributed by atoms with Gasteiger partial charge in [-0.05, 0) is 38.5 Å². The first-order valence-electron chi connectivity index (χ1n) is 8.41. The Bertz CT molecular complexity index is 719. The number of nitrogens with one attached hydrogen (secondary N) is 2. The van der Waals surface area contributed by atoms with Gasteiger partial charge in [-0.2, -0.15) is 4.31 Å². The molecule has 1 aromatic rings. The lowest BCUT2D eigenvalue weighted by atomic mass is 10.1. The third kappa shape index (κ3) is 5.65. The van der Waals surface area contributed by atoms with Crippen LogP contribution in [0.15, 0.2) is 23.1 Å². The van der Waals surface area contributed by atoms with Gasteiger partial charge in [0.15, 0.2) is 0 Å². The van der Waals surface area contributed by atoms with E-state index in [1.54, 1.807) is 19.2 Å². The van der Waals surface area contributed by atoms with E-state index in [4.69, 9.17) is 4.74 Å². The summed E-state index contributed by atoms with van der Waals surface area (Å²) in [6.07, 6.45) is 0.280. The number of carbonyl (C=O) groups excluding carboxylic acids is 1. The van der Waals surface area contributed by atoms with Crippen molar-refractivity contribution in [1.82, 2.24) is 9.62 Å². The summed E-state index contributed by atoms with van der Waals surface area (Å²) in [6.45, 7) is 7.34. The maximum atomic E-state index is 12.6. The number of ether oxygens (including phenoxy) is 1. The second kappa shape index (κ2) is 9.66. The van der Waals surface area contributed by atoms with Crippen LogP contribution in [-0.2, 0) is 19.6 Å². The van der Waals surface area contributed by atoms with Crippen LogP contribution >= 0.6 is 12.4 Å². The SMILES string of the molecule is Cc1ccc(S(=O)(=O)N(C)C(C)C)cc1NC(=O)CC1COCCN1.Cl. The first-order valence-corrected chi connectivity index (χ1v) is 9.85. The van der Waals surface area contributed by atoms with Crippen molar-refractivity contribution in [2.24, 2.45) is 0 Å². The van der Waals surface area contributed by atoms with Gasteiger partial charge in [0.25, 0.3) is 0 Å². The van der Waals surface area contributed by atoms with Crippen molar-refractivity contribution in [3.8, 4) is 0 Å². The van der Waals surface area contributed by atoms with Crippen LogP contribution in [0.2, 0.25) is 0 Å². The van der Waals surface area contributed by atoms with Crippen LogP contribution in [0.5, 0.6) is 0 Å². The van der Waals surface area contributed by atoms with E-state index < -0.39 is 10.0 Å². The number of amides is 1. The van der Waals surface area contributed by atoms with Gasteiger partial charge in [0.05, 0.1) is 18.1 Å². The van der Waals surface area contributed by atoms with Crippen molar-refractivity contribution in [3.05, 3.63) is 23.8 Å². The lowest BCUT2D eigenvalue weighted by Crippen LogP contribution is -2.43. The van der Waals surface area contributed by atoms with Crippen molar-refractivity contribution in [2.45, 2.75) is 44.2 Å². The van der Waals surface area contributed by atoms with Crippen molar-refractivity contribution < 1.29 is 17.9 Å². The molecule has 1 atom stereocenters. The van der Waals surface area contributed by atoms with Gasteiger partial charge in [-0.1, -0.05) is 6.07 Å². The first kappa shape index (κ1) is 22.9. The molecule has 148 valence electrons. The van der Waals surface area contributed by atoms with Crippen LogP contribution in [0.25, 0.3) is 0 Å². The van der Waals surface area contributed by atoms with E-state index >= 15 is 0 Å². The van der Waals surface area contributed by atoms with Gasteiger partial charge in [0, 0.05) is 37.8 Å². The molecule has 1 saturated heterocycles.